The zero-order chi connectivity index (χ0) is 17.6. The van der Waals surface area contributed by atoms with E-state index in [0.717, 1.165) is 34.2 Å². The molecular formula is C19H20N2O4. The summed E-state index contributed by atoms with van der Waals surface area (Å²) in [6, 6.07) is 6.46. The quantitative estimate of drug-likeness (QED) is 0.836. The Hall–Kier alpha value is -2.63. The number of imide groups is 1. The van der Waals surface area contributed by atoms with E-state index in [1.165, 1.54) is 0 Å². The molecule has 2 fully saturated rings. The lowest BCUT2D eigenvalue weighted by Crippen LogP contribution is -2.46. The summed E-state index contributed by atoms with van der Waals surface area (Å²) < 4.78 is 0. The summed E-state index contributed by atoms with van der Waals surface area (Å²) in [7, 11) is 0. The van der Waals surface area contributed by atoms with Crippen LogP contribution < -0.4 is 0 Å². The number of fused-ring (bicyclic) bond motifs is 2. The van der Waals surface area contributed by atoms with Gasteiger partial charge in [-0.05, 0) is 24.5 Å². The third-order valence-corrected chi connectivity index (χ3v) is 5.56. The first-order valence-corrected chi connectivity index (χ1v) is 8.72. The Kier molecular flexibility index (Phi) is 3.82. The maximum atomic E-state index is 12.7. The molecule has 0 radical (unpaired) electrons. The molecule has 1 aromatic heterocycles. The molecule has 2 aromatic rings. The molecule has 2 N–H and O–H groups in total. The van der Waals surface area contributed by atoms with Crippen LogP contribution in [0.1, 0.15) is 31.2 Å². The fraction of sp³-hybridized carbons (Fsp3) is 0.421. The van der Waals surface area contributed by atoms with Gasteiger partial charge in [0.05, 0.1) is 11.8 Å². The van der Waals surface area contributed by atoms with E-state index >= 15 is 0 Å². The number of amides is 2. The fourth-order valence-corrected chi connectivity index (χ4v) is 4.29. The number of hydrogen-bond donors (Lipinski definition) is 2. The predicted octanol–water partition coefficient (Wildman–Crippen LogP) is 2.34. The van der Waals surface area contributed by atoms with E-state index in [-0.39, 0.29) is 30.1 Å². The van der Waals surface area contributed by atoms with E-state index in [1.807, 2.05) is 24.3 Å². The molecule has 1 aliphatic carbocycles. The molecule has 4 rings (SSSR count). The maximum Gasteiger partial charge on any atom is 0.327 e. The summed E-state index contributed by atoms with van der Waals surface area (Å²) in [5, 5.41) is 10.6. The summed E-state index contributed by atoms with van der Waals surface area (Å²) in [6.45, 7) is 0. The molecule has 6 nitrogen and oxygen atoms in total. The Balaban J connectivity index is 1.66. The molecule has 1 saturated carbocycles. The summed E-state index contributed by atoms with van der Waals surface area (Å²) in [6.07, 6.45) is 5.10. The van der Waals surface area contributed by atoms with Crippen LogP contribution in [0.4, 0.5) is 0 Å². The van der Waals surface area contributed by atoms with Crippen molar-refractivity contribution < 1.29 is 19.5 Å². The number of H-pyrrole nitrogens is 1. The first-order valence-electron chi connectivity index (χ1n) is 8.72. The molecule has 130 valence electrons. The van der Waals surface area contributed by atoms with Gasteiger partial charge in [-0.25, -0.2) is 4.79 Å². The zero-order valence-corrected chi connectivity index (χ0v) is 13.8. The Morgan fingerprint density at radius 2 is 1.80 bits per heavy atom. The maximum absolute atomic E-state index is 12.7. The number of aromatic amines is 1. The standard InChI is InChI=1S/C19H20N2O4/c22-17-13-6-1-2-7-14(13)18(23)21(17)16(19(24)25)9-11-10-20-15-8-4-3-5-12(11)15/h3-5,8,10,13-14,16,20H,1-2,6-7,9H2,(H,24,25)/t13-,14+,16-/m1/s1. The molecule has 2 heterocycles. The van der Waals surface area contributed by atoms with Gasteiger partial charge in [0.1, 0.15) is 6.04 Å². The number of hydrogen-bond acceptors (Lipinski definition) is 3. The Morgan fingerprint density at radius 3 is 2.44 bits per heavy atom. The fourth-order valence-electron chi connectivity index (χ4n) is 4.29. The second-order valence-corrected chi connectivity index (χ2v) is 6.96. The average Bonchev–Trinajstić information content (AvgIpc) is 3.13. The number of aliphatic carboxylic acids is 1. The van der Waals surface area contributed by atoms with Gasteiger partial charge in [0, 0.05) is 23.5 Å². The molecule has 2 amide bonds. The van der Waals surface area contributed by atoms with E-state index in [1.54, 1.807) is 6.20 Å². The average molecular weight is 340 g/mol. The second kappa shape index (κ2) is 6.02. The van der Waals surface area contributed by atoms with Crippen LogP contribution in [0.5, 0.6) is 0 Å². The molecule has 0 spiro atoms. The van der Waals surface area contributed by atoms with Crippen molar-refractivity contribution in [2.24, 2.45) is 11.8 Å². The van der Waals surface area contributed by atoms with Crippen molar-refractivity contribution in [2.75, 3.05) is 0 Å². The summed E-state index contributed by atoms with van der Waals surface area (Å²) in [5.74, 6) is -2.40. The van der Waals surface area contributed by atoms with Crippen molar-refractivity contribution in [1.29, 1.82) is 0 Å². The van der Waals surface area contributed by atoms with Gasteiger partial charge >= 0.3 is 5.97 Å². The Bertz CT molecular complexity index is 832. The lowest BCUT2D eigenvalue weighted by molar-refractivity contribution is -0.155. The number of aromatic nitrogens is 1. The number of para-hydroxylation sites is 1. The third-order valence-electron chi connectivity index (χ3n) is 5.56. The molecule has 3 atom stereocenters. The molecule has 1 saturated heterocycles. The highest BCUT2D eigenvalue weighted by Crippen LogP contribution is 2.39. The minimum absolute atomic E-state index is 0.121. The Morgan fingerprint density at radius 1 is 1.16 bits per heavy atom. The van der Waals surface area contributed by atoms with Gasteiger partial charge in [0.25, 0.3) is 0 Å². The van der Waals surface area contributed by atoms with Crippen LogP contribution >= 0.6 is 0 Å². The molecule has 0 bridgehead atoms. The molecule has 1 aromatic carbocycles. The highest BCUT2D eigenvalue weighted by molar-refractivity contribution is 6.07. The number of carbonyl (C=O) groups is 3. The second-order valence-electron chi connectivity index (χ2n) is 6.96. The number of rotatable bonds is 4. The van der Waals surface area contributed by atoms with Gasteiger partial charge in [0.2, 0.25) is 11.8 Å². The SMILES string of the molecule is O=C(O)[C@@H](Cc1c[nH]c2ccccc12)N1C(=O)[C@H]2CCCC[C@H]2C1=O. The van der Waals surface area contributed by atoms with Crippen LogP contribution in [0.25, 0.3) is 10.9 Å². The number of nitrogens with zero attached hydrogens (tertiary/aromatic N) is 1. The number of carboxylic acid groups (broad SMARTS) is 1. The van der Waals surface area contributed by atoms with Gasteiger partial charge in [-0.15, -0.1) is 0 Å². The van der Waals surface area contributed by atoms with Crippen LogP contribution in [-0.4, -0.2) is 38.8 Å². The first-order chi connectivity index (χ1) is 12.1. The molecule has 0 unspecified atom stereocenters. The third kappa shape index (κ3) is 2.52. The minimum atomic E-state index is -1.15. The van der Waals surface area contributed by atoms with Crippen LogP contribution in [0, 0.1) is 11.8 Å². The predicted molar refractivity (Wildman–Crippen MR) is 90.7 cm³/mol. The monoisotopic (exact) mass is 340 g/mol. The van der Waals surface area contributed by atoms with Gasteiger partial charge < -0.3 is 10.1 Å². The minimum Gasteiger partial charge on any atom is -0.480 e. The normalized spacial score (nSPS) is 24.6. The van der Waals surface area contributed by atoms with Gasteiger partial charge in [-0.2, -0.15) is 0 Å². The molecular weight excluding hydrogens is 320 g/mol. The van der Waals surface area contributed by atoms with Crippen LogP contribution in [0.3, 0.4) is 0 Å². The number of carboxylic acids is 1. The zero-order valence-electron chi connectivity index (χ0n) is 13.8. The van der Waals surface area contributed by atoms with E-state index in [4.69, 9.17) is 0 Å². The summed E-state index contributed by atoms with van der Waals surface area (Å²) in [5.41, 5.74) is 1.72. The van der Waals surface area contributed by atoms with Crippen molar-refractivity contribution >= 4 is 28.7 Å². The van der Waals surface area contributed by atoms with E-state index < -0.39 is 12.0 Å². The largest absolute Gasteiger partial charge is 0.480 e. The van der Waals surface area contributed by atoms with Crippen molar-refractivity contribution in [3.8, 4) is 0 Å². The first kappa shape index (κ1) is 15.9. The highest BCUT2D eigenvalue weighted by Gasteiger charge is 2.51. The smallest absolute Gasteiger partial charge is 0.327 e. The van der Waals surface area contributed by atoms with Crippen LogP contribution in [0.15, 0.2) is 30.5 Å². The van der Waals surface area contributed by atoms with E-state index in [2.05, 4.69) is 4.98 Å². The van der Waals surface area contributed by atoms with Gasteiger partial charge in [0.15, 0.2) is 0 Å². The number of carbonyl (C=O) groups excluding carboxylic acids is 2. The Labute approximate surface area is 144 Å². The molecule has 1 aliphatic heterocycles. The van der Waals surface area contributed by atoms with Crippen LogP contribution in [-0.2, 0) is 20.8 Å². The topological polar surface area (TPSA) is 90.5 Å². The van der Waals surface area contributed by atoms with E-state index in [0.29, 0.717) is 12.8 Å². The lowest BCUT2D eigenvalue weighted by atomic mass is 9.81. The summed E-state index contributed by atoms with van der Waals surface area (Å²) in [4.78, 5) is 41.5. The molecule has 2 aliphatic rings. The number of nitrogens with one attached hydrogen (secondary N) is 1. The van der Waals surface area contributed by atoms with Crippen molar-refractivity contribution in [1.82, 2.24) is 9.88 Å². The van der Waals surface area contributed by atoms with Crippen molar-refractivity contribution in [3.63, 3.8) is 0 Å². The van der Waals surface area contributed by atoms with Gasteiger partial charge in [-0.3, -0.25) is 14.5 Å². The lowest BCUT2D eigenvalue weighted by Gasteiger charge is -2.23. The van der Waals surface area contributed by atoms with Crippen molar-refractivity contribution in [3.05, 3.63) is 36.0 Å². The van der Waals surface area contributed by atoms with Gasteiger partial charge in [-0.1, -0.05) is 31.0 Å². The number of likely N-dealkylation sites (tertiary alicyclic amines) is 1. The summed E-state index contributed by atoms with van der Waals surface area (Å²) >= 11 is 0. The highest BCUT2D eigenvalue weighted by atomic mass is 16.4. The van der Waals surface area contributed by atoms with Crippen LogP contribution in [0.2, 0.25) is 0 Å². The molecule has 25 heavy (non-hydrogen) atoms. The molecule has 6 heteroatoms. The van der Waals surface area contributed by atoms with E-state index in [9.17, 15) is 19.5 Å². The van der Waals surface area contributed by atoms with Crippen molar-refractivity contribution in [2.45, 2.75) is 38.1 Å². The number of benzene rings is 1.